The Balaban J connectivity index is 1.88. The van der Waals surface area contributed by atoms with Crippen LogP contribution in [0.2, 0.25) is 0 Å². The van der Waals surface area contributed by atoms with Gasteiger partial charge in [-0.05, 0) is 43.7 Å². The van der Waals surface area contributed by atoms with Gasteiger partial charge in [0, 0.05) is 17.0 Å². The lowest BCUT2D eigenvalue weighted by molar-refractivity contribution is 0.102. The van der Waals surface area contributed by atoms with Crippen molar-refractivity contribution in [3.05, 3.63) is 59.4 Å². The summed E-state index contributed by atoms with van der Waals surface area (Å²) in [4.78, 5) is 20.3. The van der Waals surface area contributed by atoms with Crippen molar-refractivity contribution in [1.29, 1.82) is 0 Å². The molecule has 0 spiro atoms. The number of pyridine rings is 1. The third-order valence-corrected chi connectivity index (χ3v) is 4.76. The highest BCUT2D eigenvalue weighted by atomic mass is 32.2. The van der Waals surface area contributed by atoms with Crippen LogP contribution in [0.25, 0.3) is 0 Å². The number of benzene rings is 1. The summed E-state index contributed by atoms with van der Waals surface area (Å²) in [5.74, 6) is -0.714. The number of carbonyl (C=O) groups is 1. The Morgan fingerprint density at radius 1 is 1.32 bits per heavy atom. The highest BCUT2D eigenvalue weighted by molar-refractivity contribution is 8.13. The largest absolute Gasteiger partial charge is 0.379 e. The van der Waals surface area contributed by atoms with Crippen molar-refractivity contribution in [2.24, 2.45) is 10.7 Å². The van der Waals surface area contributed by atoms with E-state index in [9.17, 15) is 13.6 Å². The number of halogens is 2. The molecular weight excluding hydrogens is 346 g/mol. The number of hydrogen-bond donors (Lipinski definition) is 2. The maximum Gasteiger partial charge on any atom is 0.274 e. The lowest BCUT2D eigenvalue weighted by Crippen LogP contribution is -2.29. The Morgan fingerprint density at radius 2 is 2.12 bits per heavy atom. The first-order valence-electron chi connectivity index (χ1n) is 7.58. The van der Waals surface area contributed by atoms with Crippen molar-refractivity contribution in [2.45, 2.75) is 18.9 Å². The van der Waals surface area contributed by atoms with Crippen molar-refractivity contribution in [3.8, 4) is 0 Å². The fourth-order valence-electron chi connectivity index (χ4n) is 2.60. The zero-order valence-corrected chi connectivity index (χ0v) is 14.2. The number of aliphatic imine (C=N–C) groups is 1. The van der Waals surface area contributed by atoms with Gasteiger partial charge in [0.15, 0.2) is 5.17 Å². The molecule has 1 aliphatic rings. The molecule has 0 unspecified atom stereocenters. The molecule has 1 amide bonds. The molecule has 3 N–H and O–H groups in total. The van der Waals surface area contributed by atoms with Gasteiger partial charge in [-0.2, -0.15) is 0 Å². The zero-order chi connectivity index (χ0) is 18.0. The monoisotopic (exact) mass is 362 g/mol. The standard InChI is InChI=1S/C17H16F2N4OS/c1-17(6-7-25-16(20)23-17)12-8-11(3-4-13(12)19)22-15(24)14-5-2-10(18)9-21-14/h2-5,8-9H,6-7H2,1H3,(H2,20,23)(H,22,24)/t17-/m0/s1. The predicted molar refractivity (Wildman–Crippen MR) is 94.6 cm³/mol. The number of anilines is 1. The summed E-state index contributed by atoms with van der Waals surface area (Å²) in [6.07, 6.45) is 1.59. The SMILES string of the molecule is C[C@@]1(c2cc(NC(=O)c3ccc(F)cn3)ccc2F)CCSC(N)=N1. The number of aromatic nitrogens is 1. The molecule has 0 saturated heterocycles. The Hall–Kier alpha value is -2.48. The zero-order valence-electron chi connectivity index (χ0n) is 13.4. The fourth-order valence-corrected chi connectivity index (χ4v) is 3.58. The maximum absolute atomic E-state index is 14.3. The van der Waals surface area contributed by atoms with Gasteiger partial charge in [0.25, 0.3) is 5.91 Å². The molecule has 25 heavy (non-hydrogen) atoms. The molecule has 1 aromatic heterocycles. The number of rotatable bonds is 3. The molecule has 2 heterocycles. The molecule has 0 saturated carbocycles. The van der Waals surface area contributed by atoms with Gasteiger partial charge in [0.05, 0.1) is 11.7 Å². The van der Waals surface area contributed by atoms with E-state index < -0.39 is 23.1 Å². The predicted octanol–water partition coefficient (Wildman–Crippen LogP) is 3.28. The summed E-state index contributed by atoms with van der Waals surface area (Å²) in [6.45, 7) is 1.81. The fraction of sp³-hybridized carbons (Fsp3) is 0.235. The molecule has 130 valence electrons. The summed E-state index contributed by atoms with van der Waals surface area (Å²) < 4.78 is 27.2. The molecule has 1 aliphatic heterocycles. The van der Waals surface area contributed by atoms with Crippen LogP contribution in [0.1, 0.15) is 29.4 Å². The van der Waals surface area contributed by atoms with Crippen molar-refractivity contribution in [3.63, 3.8) is 0 Å². The summed E-state index contributed by atoms with van der Waals surface area (Å²) in [5.41, 5.74) is 5.83. The van der Waals surface area contributed by atoms with Crippen LogP contribution >= 0.6 is 11.8 Å². The van der Waals surface area contributed by atoms with Gasteiger partial charge >= 0.3 is 0 Å². The van der Waals surface area contributed by atoms with Crippen LogP contribution in [0.15, 0.2) is 41.5 Å². The van der Waals surface area contributed by atoms with E-state index in [0.717, 1.165) is 18.0 Å². The van der Waals surface area contributed by atoms with E-state index in [0.29, 0.717) is 22.8 Å². The van der Waals surface area contributed by atoms with Crippen molar-refractivity contribution < 1.29 is 13.6 Å². The molecular formula is C17H16F2N4OS. The van der Waals surface area contributed by atoms with Crippen molar-refractivity contribution in [2.75, 3.05) is 11.1 Å². The Kier molecular flexibility index (Phi) is 4.71. The van der Waals surface area contributed by atoms with Crippen LogP contribution in [0.5, 0.6) is 0 Å². The Labute approximate surface area is 147 Å². The van der Waals surface area contributed by atoms with Crippen molar-refractivity contribution in [1.82, 2.24) is 4.98 Å². The molecule has 0 bridgehead atoms. The Bertz CT molecular complexity index is 841. The van der Waals surface area contributed by atoms with E-state index in [1.165, 1.54) is 30.0 Å². The first-order valence-corrected chi connectivity index (χ1v) is 8.57. The second-order valence-electron chi connectivity index (χ2n) is 5.83. The highest BCUT2D eigenvalue weighted by Crippen LogP contribution is 2.37. The van der Waals surface area contributed by atoms with Crippen LogP contribution < -0.4 is 11.1 Å². The minimum absolute atomic E-state index is 0.0646. The number of carbonyl (C=O) groups excluding carboxylic acids is 1. The molecule has 0 radical (unpaired) electrons. The number of thioether (sulfide) groups is 1. The maximum atomic E-state index is 14.3. The van der Waals surface area contributed by atoms with Crippen LogP contribution in [0, 0.1) is 11.6 Å². The van der Waals surface area contributed by atoms with Crippen LogP contribution in [0.3, 0.4) is 0 Å². The average molecular weight is 362 g/mol. The number of amides is 1. The molecule has 5 nitrogen and oxygen atoms in total. The summed E-state index contributed by atoms with van der Waals surface area (Å²) in [5, 5.41) is 3.05. The van der Waals surface area contributed by atoms with Gasteiger partial charge in [0.1, 0.15) is 17.3 Å². The quantitative estimate of drug-likeness (QED) is 0.878. The smallest absolute Gasteiger partial charge is 0.274 e. The number of nitrogens with zero attached hydrogens (tertiary/aromatic N) is 2. The molecule has 8 heteroatoms. The second kappa shape index (κ2) is 6.79. The summed E-state index contributed by atoms with van der Waals surface area (Å²) in [7, 11) is 0. The summed E-state index contributed by atoms with van der Waals surface area (Å²) in [6, 6.07) is 6.70. The minimum atomic E-state index is -0.783. The molecule has 0 aliphatic carbocycles. The van der Waals surface area contributed by atoms with E-state index in [4.69, 9.17) is 5.73 Å². The highest BCUT2D eigenvalue weighted by Gasteiger charge is 2.32. The molecule has 1 atom stereocenters. The lowest BCUT2D eigenvalue weighted by atomic mass is 9.89. The third kappa shape index (κ3) is 3.79. The Morgan fingerprint density at radius 3 is 2.80 bits per heavy atom. The van der Waals surface area contributed by atoms with Crippen molar-refractivity contribution >= 4 is 28.5 Å². The van der Waals surface area contributed by atoms with E-state index >= 15 is 0 Å². The third-order valence-electron chi connectivity index (χ3n) is 3.96. The topological polar surface area (TPSA) is 80.4 Å². The van der Waals surface area contributed by atoms with Crippen LogP contribution in [-0.4, -0.2) is 21.8 Å². The lowest BCUT2D eigenvalue weighted by Gasteiger charge is -2.30. The number of amidine groups is 1. The van der Waals surface area contributed by atoms with Gasteiger partial charge in [-0.15, -0.1) is 0 Å². The van der Waals surface area contributed by atoms with Gasteiger partial charge in [-0.25, -0.2) is 13.8 Å². The molecule has 0 fully saturated rings. The van der Waals surface area contributed by atoms with Gasteiger partial charge < -0.3 is 11.1 Å². The van der Waals surface area contributed by atoms with E-state index in [1.807, 2.05) is 6.92 Å². The van der Waals surface area contributed by atoms with E-state index in [2.05, 4.69) is 15.3 Å². The molecule has 1 aromatic carbocycles. The first-order chi connectivity index (χ1) is 11.9. The second-order valence-corrected chi connectivity index (χ2v) is 6.95. The normalized spacial score (nSPS) is 20.0. The average Bonchev–Trinajstić information content (AvgIpc) is 2.57. The number of nitrogens with one attached hydrogen (secondary N) is 1. The van der Waals surface area contributed by atoms with Gasteiger partial charge in [-0.3, -0.25) is 9.79 Å². The number of hydrogen-bond acceptors (Lipinski definition) is 5. The van der Waals surface area contributed by atoms with Gasteiger partial charge in [0.2, 0.25) is 0 Å². The number of nitrogens with two attached hydrogens (primary N) is 1. The minimum Gasteiger partial charge on any atom is -0.379 e. The molecule has 2 aromatic rings. The molecule has 3 rings (SSSR count). The van der Waals surface area contributed by atoms with E-state index in [-0.39, 0.29) is 5.69 Å². The first kappa shape index (κ1) is 17.3. The van der Waals surface area contributed by atoms with E-state index in [1.54, 1.807) is 6.07 Å². The van der Waals surface area contributed by atoms with Crippen LogP contribution in [-0.2, 0) is 5.54 Å². The van der Waals surface area contributed by atoms with Gasteiger partial charge in [-0.1, -0.05) is 11.8 Å². The summed E-state index contributed by atoms with van der Waals surface area (Å²) >= 11 is 1.43. The van der Waals surface area contributed by atoms with Crippen LogP contribution in [0.4, 0.5) is 14.5 Å².